The van der Waals surface area contributed by atoms with E-state index in [9.17, 15) is 19.2 Å². The van der Waals surface area contributed by atoms with Crippen molar-refractivity contribution in [3.05, 3.63) is 65.0 Å². The normalized spacial score (nSPS) is 23.9. The van der Waals surface area contributed by atoms with Crippen LogP contribution in [0.5, 0.6) is 0 Å². The van der Waals surface area contributed by atoms with E-state index >= 15 is 0 Å². The minimum Gasteiger partial charge on any atom is -0.308 e. The number of piperazine rings is 1. The largest absolute Gasteiger partial charge is 0.308 e. The van der Waals surface area contributed by atoms with Crippen LogP contribution in [0.25, 0.3) is 0 Å². The van der Waals surface area contributed by atoms with Crippen molar-refractivity contribution >= 4 is 23.6 Å². The molecular formula is C23H23N5O4. The van der Waals surface area contributed by atoms with Gasteiger partial charge in [-0.2, -0.15) is 0 Å². The van der Waals surface area contributed by atoms with E-state index in [0.717, 1.165) is 35.7 Å². The summed E-state index contributed by atoms with van der Waals surface area (Å²) < 4.78 is 0. The third-order valence-electron chi connectivity index (χ3n) is 6.26. The van der Waals surface area contributed by atoms with Gasteiger partial charge in [-0.3, -0.25) is 39.3 Å². The third kappa shape index (κ3) is 3.69. The summed E-state index contributed by atoms with van der Waals surface area (Å²) >= 11 is 0. The number of imide groups is 2. The van der Waals surface area contributed by atoms with E-state index in [2.05, 4.69) is 26.6 Å². The molecule has 164 valence electrons. The first kappa shape index (κ1) is 20.5. The lowest BCUT2D eigenvalue weighted by atomic mass is 10.0. The molecule has 3 aliphatic heterocycles. The second-order valence-electron chi connectivity index (χ2n) is 8.36. The number of carbonyl (C=O) groups is 4. The second kappa shape index (κ2) is 8.25. The number of amides is 4. The number of hydrogen-bond donors (Lipinski definition) is 2. The molecule has 32 heavy (non-hydrogen) atoms. The summed E-state index contributed by atoms with van der Waals surface area (Å²) in [5.41, 5.74) is 2.68. The van der Waals surface area contributed by atoms with Crippen molar-refractivity contribution in [1.29, 1.82) is 0 Å². The Morgan fingerprint density at radius 3 is 2.69 bits per heavy atom. The number of benzene rings is 1. The van der Waals surface area contributed by atoms with Crippen LogP contribution in [0.4, 0.5) is 0 Å². The number of pyridine rings is 1. The molecule has 0 bridgehead atoms. The van der Waals surface area contributed by atoms with Gasteiger partial charge in [0.2, 0.25) is 11.8 Å². The fourth-order valence-corrected chi connectivity index (χ4v) is 4.63. The number of nitrogens with one attached hydrogen (secondary N) is 2. The van der Waals surface area contributed by atoms with Crippen LogP contribution in [0, 0.1) is 0 Å². The summed E-state index contributed by atoms with van der Waals surface area (Å²) in [7, 11) is 0. The minimum absolute atomic E-state index is 0.107. The second-order valence-corrected chi connectivity index (χ2v) is 8.36. The van der Waals surface area contributed by atoms with E-state index in [0.29, 0.717) is 17.7 Å². The van der Waals surface area contributed by atoms with E-state index < -0.39 is 23.8 Å². The van der Waals surface area contributed by atoms with Crippen molar-refractivity contribution in [1.82, 2.24) is 25.4 Å². The maximum atomic E-state index is 13.0. The fraction of sp³-hybridized carbons (Fsp3) is 0.348. The first-order chi connectivity index (χ1) is 15.5. The molecule has 2 N–H and O–H groups in total. The van der Waals surface area contributed by atoms with Crippen LogP contribution in [0.3, 0.4) is 0 Å². The summed E-state index contributed by atoms with van der Waals surface area (Å²) in [6.07, 6.45) is 3.88. The van der Waals surface area contributed by atoms with Crippen molar-refractivity contribution in [2.24, 2.45) is 0 Å². The highest BCUT2D eigenvalue weighted by Gasteiger charge is 2.44. The molecule has 2 fully saturated rings. The first-order valence-electron chi connectivity index (χ1n) is 10.7. The van der Waals surface area contributed by atoms with Crippen LogP contribution in [-0.2, 0) is 16.1 Å². The van der Waals surface area contributed by atoms with Gasteiger partial charge in [0.05, 0.1) is 11.1 Å². The molecule has 1 aromatic heterocycles. The Kier molecular flexibility index (Phi) is 5.28. The van der Waals surface area contributed by atoms with E-state index in [1.807, 2.05) is 18.3 Å². The highest BCUT2D eigenvalue weighted by Crippen LogP contribution is 2.29. The predicted octanol–water partition coefficient (Wildman–Crippen LogP) is 0.629. The van der Waals surface area contributed by atoms with Gasteiger partial charge in [-0.05, 0) is 35.7 Å². The molecule has 5 rings (SSSR count). The van der Waals surface area contributed by atoms with Crippen molar-refractivity contribution in [2.75, 3.05) is 19.6 Å². The van der Waals surface area contributed by atoms with Gasteiger partial charge in [0.25, 0.3) is 11.8 Å². The monoisotopic (exact) mass is 433 g/mol. The quantitative estimate of drug-likeness (QED) is 0.680. The van der Waals surface area contributed by atoms with Crippen LogP contribution in [0.2, 0.25) is 0 Å². The first-order valence-corrected chi connectivity index (χ1v) is 10.7. The summed E-state index contributed by atoms with van der Waals surface area (Å²) in [5.74, 6) is -1.94. The van der Waals surface area contributed by atoms with Gasteiger partial charge in [-0.25, -0.2) is 0 Å². The Labute approximate surface area is 184 Å². The van der Waals surface area contributed by atoms with Crippen LogP contribution < -0.4 is 10.6 Å². The van der Waals surface area contributed by atoms with Crippen molar-refractivity contribution in [3.63, 3.8) is 0 Å². The predicted molar refractivity (Wildman–Crippen MR) is 113 cm³/mol. The minimum atomic E-state index is -0.947. The molecule has 0 saturated carbocycles. The molecule has 0 spiro atoms. The zero-order valence-corrected chi connectivity index (χ0v) is 17.4. The fourth-order valence-electron chi connectivity index (χ4n) is 4.63. The van der Waals surface area contributed by atoms with E-state index in [1.165, 1.54) is 0 Å². The van der Waals surface area contributed by atoms with Crippen LogP contribution >= 0.6 is 0 Å². The Hall–Kier alpha value is -3.43. The SMILES string of the molecule is O=C1CCC(N2C(=O)c3ccc(CN4CCNC(c5cccnc5)C4)cc3C2=O)C(=O)N1. The van der Waals surface area contributed by atoms with Crippen LogP contribution in [-0.4, -0.2) is 64.1 Å². The molecule has 2 aromatic rings. The maximum absolute atomic E-state index is 13.0. The lowest BCUT2D eigenvalue weighted by molar-refractivity contribution is -0.136. The van der Waals surface area contributed by atoms with Gasteiger partial charge in [-0.1, -0.05) is 12.1 Å². The van der Waals surface area contributed by atoms with Gasteiger partial charge in [0.15, 0.2) is 0 Å². The van der Waals surface area contributed by atoms with Gasteiger partial charge in [0, 0.05) is 51.0 Å². The summed E-state index contributed by atoms with van der Waals surface area (Å²) in [5, 5.41) is 5.72. The van der Waals surface area contributed by atoms with Gasteiger partial charge < -0.3 is 5.32 Å². The molecule has 3 aliphatic rings. The number of rotatable bonds is 4. The number of nitrogens with zero attached hydrogens (tertiary/aromatic N) is 3. The highest BCUT2D eigenvalue weighted by atomic mass is 16.2. The standard InChI is InChI=1S/C23H23N5O4/c29-20-6-5-19(21(30)26-20)28-22(31)16-4-3-14(10-17(16)23(28)32)12-27-9-8-25-18(13-27)15-2-1-7-24-11-15/h1-4,7,10-11,18-19,25H,5-6,8-9,12-13H2,(H,26,29,30). The summed E-state index contributed by atoms with van der Waals surface area (Å²) in [6.45, 7) is 3.15. The van der Waals surface area contributed by atoms with E-state index in [4.69, 9.17) is 0 Å². The molecule has 9 nitrogen and oxygen atoms in total. The Balaban J connectivity index is 1.32. The van der Waals surface area contributed by atoms with Gasteiger partial charge in [0.1, 0.15) is 6.04 Å². The van der Waals surface area contributed by atoms with Crippen molar-refractivity contribution in [3.8, 4) is 0 Å². The topological polar surface area (TPSA) is 112 Å². The van der Waals surface area contributed by atoms with Crippen LogP contribution in [0.15, 0.2) is 42.7 Å². The number of carbonyl (C=O) groups excluding carboxylic acids is 4. The molecule has 4 amide bonds. The highest BCUT2D eigenvalue weighted by molar-refractivity contribution is 6.23. The zero-order chi connectivity index (χ0) is 22.2. The average molecular weight is 433 g/mol. The van der Waals surface area contributed by atoms with Crippen LogP contribution in [0.1, 0.15) is 50.7 Å². The third-order valence-corrected chi connectivity index (χ3v) is 6.26. The lowest BCUT2D eigenvalue weighted by Crippen LogP contribution is -2.54. The van der Waals surface area contributed by atoms with Crippen molar-refractivity contribution in [2.45, 2.75) is 31.5 Å². The molecule has 0 radical (unpaired) electrons. The average Bonchev–Trinajstić information content (AvgIpc) is 3.04. The Morgan fingerprint density at radius 2 is 1.91 bits per heavy atom. The smallest absolute Gasteiger partial charge is 0.262 e. The van der Waals surface area contributed by atoms with Gasteiger partial charge in [-0.15, -0.1) is 0 Å². The summed E-state index contributed by atoms with van der Waals surface area (Å²) in [4.78, 5) is 57.0. The van der Waals surface area contributed by atoms with E-state index in [1.54, 1.807) is 18.3 Å². The number of hydrogen-bond acceptors (Lipinski definition) is 7. The number of fused-ring (bicyclic) bond motifs is 1. The Morgan fingerprint density at radius 1 is 1.06 bits per heavy atom. The molecule has 2 atom stereocenters. The molecule has 0 aliphatic carbocycles. The molecule has 4 heterocycles. The molecule has 2 saturated heterocycles. The van der Waals surface area contributed by atoms with Crippen molar-refractivity contribution < 1.29 is 19.2 Å². The van der Waals surface area contributed by atoms with E-state index in [-0.39, 0.29) is 24.8 Å². The molecular weight excluding hydrogens is 410 g/mol. The lowest BCUT2D eigenvalue weighted by Gasteiger charge is -2.33. The summed E-state index contributed by atoms with van der Waals surface area (Å²) in [6, 6.07) is 8.49. The molecule has 9 heteroatoms. The zero-order valence-electron chi connectivity index (χ0n) is 17.4. The van der Waals surface area contributed by atoms with Gasteiger partial charge >= 0.3 is 0 Å². The number of aromatic nitrogens is 1. The molecule has 2 unspecified atom stereocenters. The Bertz CT molecular complexity index is 1100. The molecule has 1 aromatic carbocycles. The number of piperidine rings is 1. The maximum Gasteiger partial charge on any atom is 0.262 e.